The van der Waals surface area contributed by atoms with Crippen molar-refractivity contribution in [3.05, 3.63) is 63.1 Å². The third-order valence-corrected chi connectivity index (χ3v) is 4.50. The highest BCUT2D eigenvalue weighted by molar-refractivity contribution is 6.43. The summed E-state index contributed by atoms with van der Waals surface area (Å²) < 4.78 is 0. The second-order valence-electron chi connectivity index (χ2n) is 5.07. The number of carboxylic acids is 1. The van der Waals surface area contributed by atoms with Crippen LogP contribution in [0.1, 0.15) is 10.4 Å². The lowest BCUT2D eigenvalue weighted by molar-refractivity contribution is 0.0694. The number of benzene rings is 3. The SMILES string of the molecule is O=C(O)c1cc2ccccc2c(N=Nc2cc(Cl)c(Cl)cc2Cl)c1O. The molecule has 0 bridgehead atoms. The number of phenols is 1. The Balaban J connectivity index is 2.20. The van der Waals surface area contributed by atoms with Gasteiger partial charge in [-0.2, -0.15) is 0 Å². The van der Waals surface area contributed by atoms with E-state index in [1.807, 2.05) is 0 Å². The predicted octanol–water partition coefficient (Wildman–Crippen LogP) is 6.62. The molecule has 3 aromatic carbocycles. The summed E-state index contributed by atoms with van der Waals surface area (Å²) in [6.45, 7) is 0. The van der Waals surface area contributed by atoms with Crippen LogP contribution in [0.5, 0.6) is 5.75 Å². The van der Waals surface area contributed by atoms with Gasteiger partial charge in [0.05, 0.1) is 15.1 Å². The van der Waals surface area contributed by atoms with Crippen LogP contribution in [0.15, 0.2) is 52.7 Å². The van der Waals surface area contributed by atoms with Crippen molar-refractivity contribution in [3.63, 3.8) is 0 Å². The minimum Gasteiger partial charge on any atom is -0.505 e. The Kier molecular flexibility index (Phi) is 4.81. The van der Waals surface area contributed by atoms with Gasteiger partial charge in [-0.15, -0.1) is 10.2 Å². The highest BCUT2D eigenvalue weighted by Crippen LogP contribution is 2.40. The molecule has 8 heteroatoms. The van der Waals surface area contributed by atoms with Gasteiger partial charge in [0.1, 0.15) is 16.9 Å². The van der Waals surface area contributed by atoms with E-state index in [2.05, 4.69) is 10.2 Å². The number of fused-ring (bicyclic) bond motifs is 1. The Morgan fingerprint density at radius 2 is 1.60 bits per heavy atom. The minimum atomic E-state index is -1.27. The molecule has 126 valence electrons. The van der Waals surface area contributed by atoms with Crippen molar-refractivity contribution in [2.45, 2.75) is 0 Å². The quantitative estimate of drug-likeness (QED) is 0.386. The molecule has 0 aromatic heterocycles. The first kappa shape index (κ1) is 17.5. The molecular formula is C17H9Cl3N2O3. The van der Waals surface area contributed by atoms with Crippen molar-refractivity contribution in [2.75, 3.05) is 0 Å². The van der Waals surface area contributed by atoms with E-state index in [4.69, 9.17) is 34.8 Å². The first-order valence-corrected chi connectivity index (χ1v) is 8.06. The van der Waals surface area contributed by atoms with E-state index < -0.39 is 11.7 Å². The zero-order valence-electron chi connectivity index (χ0n) is 12.4. The second-order valence-corrected chi connectivity index (χ2v) is 6.29. The van der Waals surface area contributed by atoms with Gasteiger partial charge >= 0.3 is 5.97 Å². The fourth-order valence-corrected chi connectivity index (χ4v) is 2.85. The summed E-state index contributed by atoms with van der Waals surface area (Å²) in [5, 5.41) is 29.4. The topological polar surface area (TPSA) is 82.2 Å². The molecule has 0 aliphatic rings. The molecule has 0 atom stereocenters. The zero-order valence-corrected chi connectivity index (χ0v) is 14.6. The number of nitrogens with zero attached hydrogens (tertiary/aromatic N) is 2. The lowest BCUT2D eigenvalue weighted by atomic mass is 10.0. The molecule has 5 nitrogen and oxygen atoms in total. The fraction of sp³-hybridized carbons (Fsp3) is 0. The van der Waals surface area contributed by atoms with Crippen LogP contribution < -0.4 is 0 Å². The number of hydrogen-bond acceptors (Lipinski definition) is 4. The standard InChI is InChI=1S/C17H9Cl3N2O3/c18-11-6-13(20)14(7-12(11)19)21-22-15-9-4-2-1-3-8(9)5-10(16(15)23)17(24)25/h1-7,23H,(H,24,25). The molecule has 3 rings (SSSR count). The van der Waals surface area contributed by atoms with Gasteiger partial charge in [-0.05, 0) is 23.6 Å². The smallest absolute Gasteiger partial charge is 0.339 e. The molecule has 2 N–H and O–H groups in total. The number of carbonyl (C=O) groups is 1. The maximum Gasteiger partial charge on any atom is 0.339 e. The van der Waals surface area contributed by atoms with Gasteiger partial charge in [0.2, 0.25) is 0 Å². The molecule has 0 aliphatic carbocycles. The third-order valence-electron chi connectivity index (χ3n) is 3.47. The van der Waals surface area contributed by atoms with Gasteiger partial charge in [0, 0.05) is 5.39 Å². The highest BCUT2D eigenvalue weighted by Gasteiger charge is 2.17. The lowest BCUT2D eigenvalue weighted by Crippen LogP contribution is -1.97. The average Bonchev–Trinajstić information content (AvgIpc) is 2.57. The number of halogens is 3. The lowest BCUT2D eigenvalue weighted by Gasteiger charge is -2.08. The summed E-state index contributed by atoms with van der Waals surface area (Å²) in [5.74, 6) is -1.75. The van der Waals surface area contributed by atoms with Gasteiger partial charge in [-0.1, -0.05) is 59.1 Å². The molecular weight excluding hydrogens is 387 g/mol. The second kappa shape index (κ2) is 6.88. The van der Waals surface area contributed by atoms with Crippen molar-refractivity contribution in [1.29, 1.82) is 0 Å². The van der Waals surface area contributed by atoms with E-state index in [1.165, 1.54) is 18.2 Å². The summed E-state index contributed by atoms with van der Waals surface area (Å²) in [7, 11) is 0. The normalized spacial score (nSPS) is 11.3. The molecule has 0 saturated carbocycles. The van der Waals surface area contributed by atoms with Crippen molar-refractivity contribution in [1.82, 2.24) is 0 Å². The van der Waals surface area contributed by atoms with E-state index in [0.717, 1.165) is 0 Å². The molecule has 25 heavy (non-hydrogen) atoms. The summed E-state index contributed by atoms with van der Waals surface area (Å²) >= 11 is 17.9. The van der Waals surface area contributed by atoms with Crippen molar-refractivity contribution in [2.24, 2.45) is 10.2 Å². The summed E-state index contributed by atoms with van der Waals surface area (Å²) in [4.78, 5) is 11.3. The van der Waals surface area contributed by atoms with E-state index in [-0.39, 0.29) is 32.0 Å². The van der Waals surface area contributed by atoms with E-state index >= 15 is 0 Å². The Morgan fingerprint density at radius 1 is 0.920 bits per heavy atom. The Morgan fingerprint density at radius 3 is 2.32 bits per heavy atom. The maximum absolute atomic E-state index is 11.3. The van der Waals surface area contributed by atoms with Gasteiger partial charge in [0.15, 0.2) is 5.75 Å². The number of rotatable bonds is 3. The maximum atomic E-state index is 11.3. The van der Waals surface area contributed by atoms with Crippen LogP contribution in [-0.4, -0.2) is 16.2 Å². The average molecular weight is 396 g/mol. The van der Waals surface area contributed by atoms with E-state index in [9.17, 15) is 15.0 Å². The van der Waals surface area contributed by atoms with Gasteiger partial charge in [-0.25, -0.2) is 4.79 Å². The monoisotopic (exact) mass is 394 g/mol. The van der Waals surface area contributed by atoms with E-state index in [1.54, 1.807) is 24.3 Å². The molecule has 0 heterocycles. The van der Waals surface area contributed by atoms with Crippen molar-refractivity contribution in [3.8, 4) is 5.75 Å². The van der Waals surface area contributed by atoms with Gasteiger partial charge in [-0.3, -0.25) is 0 Å². The Labute approximate surface area is 157 Å². The fourth-order valence-electron chi connectivity index (χ4n) is 2.27. The van der Waals surface area contributed by atoms with E-state index in [0.29, 0.717) is 10.8 Å². The number of aromatic hydroxyl groups is 1. The molecule has 0 spiro atoms. The summed E-state index contributed by atoms with van der Waals surface area (Å²) in [6, 6.07) is 11.1. The minimum absolute atomic E-state index is 0.0256. The van der Waals surface area contributed by atoms with Gasteiger partial charge < -0.3 is 10.2 Å². The molecule has 0 aliphatic heterocycles. The van der Waals surface area contributed by atoms with Crippen LogP contribution in [0.2, 0.25) is 15.1 Å². The first-order chi connectivity index (χ1) is 11.9. The Hall–Kier alpha value is -2.34. The number of aromatic carboxylic acids is 1. The van der Waals surface area contributed by atoms with Crippen molar-refractivity contribution >= 4 is 62.9 Å². The van der Waals surface area contributed by atoms with Gasteiger partial charge in [0.25, 0.3) is 0 Å². The highest BCUT2D eigenvalue weighted by atomic mass is 35.5. The first-order valence-electron chi connectivity index (χ1n) is 6.92. The molecule has 0 fully saturated rings. The number of azo groups is 1. The molecule has 0 radical (unpaired) electrons. The van der Waals surface area contributed by atoms with Crippen molar-refractivity contribution < 1.29 is 15.0 Å². The van der Waals surface area contributed by atoms with Crippen LogP contribution in [0.3, 0.4) is 0 Å². The molecule has 0 unspecified atom stereocenters. The number of carboxylic acid groups (broad SMARTS) is 1. The van der Waals surface area contributed by atoms with Crippen LogP contribution in [0.25, 0.3) is 10.8 Å². The van der Waals surface area contributed by atoms with Crippen LogP contribution >= 0.6 is 34.8 Å². The summed E-state index contributed by atoms with van der Waals surface area (Å²) in [5.41, 5.74) is -0.00852. The third kappa shape index (κ3) is 3.39. The van der Waals surface area contributed by atoms with Crippen LogP contribution in [0.4, 0.5) is 11.4 Å². The number of hydrogen-bond donors (Lipinski definition) is 2. The van der Waals surface area contributed by atoms with Crippen LogP contribution in [-0.2, 0) is 0 Å². The molecule has 3 aromatic rings. The summed E-state index contributed by atoms with van der Waals surface area (Å²) in [6.07, 6.45) is 0. The van der Waals surface area contributed by atoms with Crippen LogP contribution in [0, 0.1) is 0 Å². The largest absolute Gasteiger partial charge is 0.505 e. The Bertz CT molecular complexity index is 1040. The zero-order chi connectivity index (χ0) is 18.1. The molecule has 0 amide bonds. The predicted molar refractivity (Wildman–Crippen MR) is 98.2 cm³/mol. The molecule has 0 saturated heterocycles.